The molecule has 0 radical (unpaired) electrons. The van der Waals surface area contributed by atoms with Gasteiger partial charge in [-0.1, -0.05) is 13.8 Å². The molecule has 1 fully saturated rings. The average Bonchev–Trinajstić information content (AvgIpc) is 2.86. The molecule has 2 unspecified atom stereocenters. The first-order chi connectivity index (χ1) is 9.69. The number of hydrogen-bond acceptors (Lipinski definition) is 3. The number of rotatable bonds is 7. The van der Waals surface area contributed by atoms with Gasteiger partial charge in [0.15, 0.2) is 0 Å². The first-order valence-electron chi connectivity index (χ1n) is 7.76. The van der Waals surface area contributed by atoms with Gasteiger partial charge in [0.05, 0.1) is 17.9 Å². The Balaban J connectivity index is 1.91. The molecule has 0 saturated carbocycles. The summed E-state index contributed by atoms with van der Waals surface area (Å²) < 4.78 is 13.0. The third-order valence-electron chi connectivity index (χ3n) is 3.99. The summed E-state index contributed by atoms with van der Waals surface area (Å²) in [5.41, 5.74) is 0.951. The molecular formula is C16H26FN3. The second-order valence-corrected chi connectivity index (χ2v) is 5.89. The maximum Gasteiger partial charge on any atom is 0.141 e. The van der Waals surface area contributed by atoms with Crippen LogP contribution in [0.2, 0.25) is 0 Å². The zero-order chi connectivity index (χ0) is 14.4. The summed E-state index contributed by atoms with van der Waals surface area (Å²) in [6.07, 6.45) is 4.75. The van der Waals surface area contributed by atoms with Crippen LogP contribution in [0.5, 0.6) is 0 Å². The third kappa shape index (κ3) is 4.53. The van der Waals surface area contributed by atoms with Gasteiger partial charge in [-0.3, -0.25) is 4.98 Å². The van der Waals surface area contributed by atoms with E-state index in [-0.39, 0.29) is 11.9 Å². The fourth-order valence-corrected chi connectivity index (χ4v) is 2.81. The summed E-state index contributed by atoms with van der Waals surface area (Å²) in [4.78, 5) is 6.76. The van der Waals surface area contributed by atoms with Crippen LogP contribution in [0.3, 0.4) is 0 Å². The molecule has 1 N–H and O–H groups in total. The molecule has 3 nitrogen and oxygen atoms in total. The first kappa shape index (κ1) is 15.4. The predicted octanol–water partition coefficient (Wildman–Crippen LogP) is 2.99. The van der Waals surface area contributed by atoms with Crippen LogP contribution < -0.4 is 5.32 Å². The van der Waals surface area contributed by atoms with Gasteiger partial charge in [0.2, 0.25) is 0 Å². The van der Waals surface area contributed by atoms with Crippen LogP contribution in [0.25, 0.3) is 0 Å². The average molecular weight is 279 g/mol. The van der Waals surface area contributed by atoms with Gasteiger partial charge in [0.25, 0.3) is 0 Å². The minimum atomic E-state index is -0.267. The highest BCUT2D eigenvalue weighted by Crippen LogP contribution is 2.19. The fourth-order valence-electron chi connectivity index (χ4n) is 2.81. The zero-order valence-corrected chi connectivity index (χ0v) is 12.6. The lowest BCUT2D eigenvalue weighted by atomic mass is 10.1. The maximum absolute atomic E-state index is 13.0. The Morgan fingerprint density at radius 2 is 2.35 bits per heavy atom. The summed E-state index contributed by atoms with van der Waals surface area (Å²) in [6, 6.07) is 3.53. The molecule has 1 aromatic heterocycles. The van der Waals surface area contributed by atoms with Crippen molar-refractivity contribution in [2.75, 3.05) is 26.2 Å². The largest absolute Gasteiger partial charge is 0.309 e. The number of aromatic nitrogens is 1. The second kappa shape index (κ2) is 7.70. The van der Waals surface area contributed by atoms with E-state index in [1.54, 1.807) is 6.07 Å². The van der Waals surface area contributed by atoms with Gasteiger partial charge in [-0.2, -0.15) is 0 Å². The molecule has 0 spiro atoms. The van der Waals surface area contributed by atoms with E-state index in [1.807, 2.05) is 0 Å². The van der Waals surface area contributed by atoms with E-state index in [2.05, 4.69) is 29.0 Å². The standard InChI is InChI=1S/C16H26FN3/c1-3-8-18-16(15-5-4-14(17)11-19-15)7-10-20-9-6-13(2)12-20/h4-5,11,13,16,18H,3,6-10,12H2,1-2H3. The van der Waals surface area contributed by atoms with Crippen molar-refractivity contribution >= 4 is 0 Å². The highest BCUT2D eigenvalue weighted by Gasteiger charge is 2.20. The monoisotopic (exact) mass is 279 g/mol. The summed E-state index contributed by atoms with van der Waals surface area (Å²) in [6.45, 7) is 8.94. The van der Waals surface area contributed by atoms with Gasteiger partial charge in [-0.25, -0.2) is 4.39 Å². The van der Waals surface area contributed by atoms with Crippen molar-refractivity contribution in [1.29, 1.82) is 0 Å². The lowest BCUT2D eigenvalue weighted by Crippen LogP contribution is -2.29. The summed E-state index contributed by atoms with van der Waals surface area (Å²) >= 11 is 0. The first-order valence-corrected chi connectivity index (χ1v) is 7.76. The molecule has 112 valence electrons. The molecule has 2 rings (SSSR count). The normalized spacial score (nSPS) is 21.2. The summed E-state index contributed by atoms with van der Waals surface area (Å²) in [5.74, 6) is 0.553. The van der Waals surface area contributed by atoms with Gasteiger partial charge < -0.3 is 10.2 Å². The van der Waals surface area contributed by atoms with Crippen LogP contribution in [0.4, 0.5) is 4.39 Å². The minimum Gasteiger partial charge on any atom is -0.309 e. The predicted molar refractivity (Wildman–Crippen MR) is 80.1 cm³/mol. The van der Waals surface area contributed by atoms with Crippen molar-refractivity contribution in [3.63, 3.8) is 0 Å². The van der Waals surface area contributed by atoms with Crippen molar-refractivity contribution < 1.29 is 4.39 Å². The van der Waals surface area contributed by atoms with Crippen molar-refractivity contribution in [1.82, 2.24) is 15.2 Å². The number of nitrogens with zero attached hydrogens (tertiary/aromatic N) is 2. The topological polar surface area (TPSA) is 28.2 Å². The Morgan fingerprint density at radius 1 is 1.50 bits per heavy atom. The van der Waals surface area contributed by atoms with Crippen molar-refractivity contribution in [2.45, 2.75) is 39.2 Å². The molecule has 0 amide bonds. The Labute approximate surface area is 121 Å². The molecule has 2 atom stereocenters. The van der Waals surface area contributed by atoms with Crippen LogP contribution in [0.15, 0.2) is 18.3 Å². The van der Waals surface area contributed by atoms with Crippen LogP contribution >= 0.6 is 0 Å². The summed E-state index contributed by atoms with van der Waals surface area (Å²) in [7, 11) is 0. The smallest absolute Gasteiger partial charge is 0.141 e. The fraction of sp³-hybridized carbons (Fsp3) is 0.688. The molecule has 0 aromatic carbocycles. The molecule has 4 heteroatoms. The van der Waals surface area contributed by atoms with Gasteiger partial charge in [0, 0.05) is 13.1 Å². The molecule has 1 aliphatic rings. The van der Waals surface area contributed by atoms with Crippen LogP contribution in [0.1, 0.15) is 44.8 Å². The molecule has 1 aliphatic heterocycles. The Morgan fingerprint density at radius 3 is 2.95 bits per heavy atom. The molecule has 1 aromatic rings. The van der Waals surface area contributed by atoms with Crippen LogP contribution in [-0.4, -0.2) is 36.1 Å². The van der Waals surface area contributed by atoms with E-state index in [4.69, 9.17) is 0 Å². The Hall–Kier alpha value is -1.00. The zero-order valence-electron chi connectivity index (χ0n) is 12.6. The van der Waals surface area contributed by atoms with Crippen LogP contribution in [-0.2, 0) is 0 Å². The Kier molecular flexibility index (Phi) is 5.92. The maximum atomic E-state index is 13.0. The minimum absolute atomic E-state index is 0.228. The number of likely N-dealkylation sites (tertiary alicyclic amines) is 1. The lowest BCUT2D eigenvalue weighted by molar-refractivity contribution is 0.300. The van der Waals surface area contributed by atoms with Gasteiger partial charge >= 0.3 is 0 Å². The van der Waals surface area contributed by atoms with E-state index in [1.165, 1.54) is 31.8 Å². The number of halogens is 1. The van der Waals surface area contributed by atoms with Gasteiger partial charge in [0.1, 0.15) is 5.82 Å². The number of pyridine rings is 1. The highest BCUT2D eigenvalue weighted by atomic mass is 19.1. The number of nitrogens with one attached hydrogen (secondary N) is 1. The van der Waals surface area contributed by atoms with Crippen molar-refractivity contribution in [2.24, 2.45) is 5.92 Å². The molecule has 20 heavy (non-hydrogen) atoms. The van der Waals surface area contributed by atoms with Crippen LogP contribution in [0, 0.1) is 11.7 Å². The molecule has 0 aliphatic carbocycles. The SMILES string of the molecule is CCCNC(CCN1CCC(C)C1)c1ccc(F)cn1. The third-order valence-corrected chi connectivity index (χ3v) is 3.99. The quantitative estimate of drug-likeness (QED) is 0.831. The van der Waals surface area contributed by atoms with E-state index in [9.17, 15) is 4.39 Å². The lowest BCUT2D eigenvalue weighted by Gasteiger charge is -2.22. The van der Waals surface area contributed by atoms with E-state index >= 15 is 0 Å². The molecular weight excluding hydrogens is 253 g/mol. The van der Waals surface area contributed by atoms with Gasteiger partial charge in [-0.05, 0) is 50.4 Å². The number of hydrogen-bond donors (Lipinski definition) is 1. The molecule has 1 saturated heterocycles. The highest BCUT2D eigenvalue weighted by molar-refractivity contribution is 5.10. The van der Waals surface area contributed by atoms with E-state index in [0.29, 0.717) is 0 Å². The summed E-state index contributed by atoms with van der Waals surface area (Å²) in [5, 5.41) is 3.53. The van der Waals surface area contributed by atoms with E-state index < -0.39 is 0 Å². The van der Waals surface area contributed by atoms with E-state index in [0.717, 1.165) is 37.5 Å². The second-order valence-electron chi connectivity index (χ2n) is 5.89. The molecule has 2 heterocycles. The van der Waals surface area contributed by atoms with Gasteiger partial charge in [-0.15, -0.1) is 0 Å². The molecule has 0 bridgehead atoms. The van der Waals surface area contributed by atoms with Crippen molar-refractivity contribution in [3.05, 3.63) is 29.8 Å². The van der Waals surface area contributed by atoms with Crippen molar-refractivity contribution in [3.8, 4) is 0 Å². The Bertz CT molecular complexity index is 393.